The standard InChI is InChI=1S/C19H28O/c1-3-5-16-7-9-17(10-8-16)11-13-19-14-12-18(6-4-2)15-20-19/h7-10,14,18H,3-6,11-13,15H2,1-2H3. The monoisotopic (exact) mass is 272 g/mol. The summed E-state index contributed by atoms with van der Waals surface area (Å²) in [7, 11) is 0. The molecule has 110 valence electrons. The molecule has 1 heterocycles. The van der Waals surface area contributed by atoms with Gasteiger partial charge in [0.25, 0.3) is 0 Å². The topological polar surface area (TPSA) is 9.23 Å². The molecule has 0 saturated heterocycles. The van der Waals surface area contributed by atoms with Crippen molar-refractivity contribution in [3.8, 4) is 0 Å². The molecule has 0 aliphatic carbocycles. The van der Waals surface area contributed by atoms with Gasteiger partial charge in [-0.2, -0.15) is 0 Å². The molecule has 2 rings (SSSR count). The Bertz CT molecular complexity index is 416. The first-order chi connectivity index (χ1) is 9.81. The molecule has 1 atom stereocenters. The van der Waals surface area contributed by atoms with Crippen molar-refractivity contribution in [3.05, 3.63) is 47.2 Å². The highest BCUT2D eigenvalue weighted by Crippen LogP contribution is 2.23. The molecule has 0 fully saturated rings. The van der Waals surface area contributed by atoms with E-state index in [-0.39, 0.29) is 0 Å². The number of hydrogen-bond donors (Lipinski definition) is 0. The molecule has 1 aliphatic rings. The number of allylic oxidation sites excluding steroid dienone is 2. The van der Waals surface area contributed by atoms with Crippen molar-refractivity contribution in [2.45, 2.75) is 58.8 Å². The van der Waals surface area contributed by atoms with Crippen molar-refractivity contribution in [2.24, 2.45) is 5.92 Å². The third-order valence-corrected chi connectivity index (χ3v) is 4.10. The van der Waals surface area contributed by atoms with Crippen molar-refractivity contribution < 1.29 is 4.74 Å². The molecule has 0 bridgehead atoms. The summed E-state index contributed by atoms with van der Waals surface area (Å²) in [6.45, 7) is 5.41. The maximum absolute atomic E-state index is 5.89. The quantitative estimate of drug-likeness (QED) is 0.655. The highest BCUT2D eigenvalue weighted by molar-refractivity contribution is 5.23. The summed E-state index contributed by atoms with van der Waals surface area (Å²) < 4.78 is 5.89. The van der Waals surface area contributed by atoms with Crippen LogP contribution in [0.25, 0.3) is 0 Å². The lowest BCUT2D eigenvalue weighted by atomic mass is 9.97. The smallest absolute Gasteiger partial charge is 0.0923 e. The van der Waals surface area contributed by atoms with Gasteiger partial charge in [0.05, 0.1) is 12.4 Å². The van der Waals surface area contributed by atoms with Crippen molar-refractivity contribution in [2.75, 3.05) is 6.61 Å². The zero-order valence-corrected chi connectivity index (χ0v) is 13.0. The van der Waals surface area contributed by atoms with E-state index in [0.717, 1.165) is 25.4 Å². The van der Waals surface area contributed by atoms with Gasteiger partial charge in [0.2, 0.25) is 0 Å². The van der Waals surface area contributed by atoms with E-state index >= 15 is 0 Å². The molecule has 1 nitrogen and oxygen atoms in total. The molecule has 1 heteroatoms. The number of rotatable bonds is 7. The predicted octanol–water partition coefficient (Wildman–Crippen LogP) is 5.29. The fourth-order valence-electron chi connectivity index (χ4n) is 2.86. The molecule has 1 aromatic rings. The second kappa shape index (κ2) is 8.14. The number of hydrogen-bond acceptors (Lipinski definition) is 1. The first kappa shape index (κ1) is 15.2. The Balaban J connectivity index is 1.77. The van der Waals surface area contributed by atoms with Gasteiger partial charge < -0.3 is 4.74 Å². The van der Waals surface area contributed by atoms with Crippen LogP contribution in [0.4, 0.5) is 0 Å². The first-order valence-electron chi connectivity index (χ1n) is 8.21. The highest BCUT2D eigenvalue weighted by atomic mass is 16.5. The van der Waals surface area contributed by atoms with E-state index in [1.807, 2.05) is 0 Å². The molecular formula is C19H28O. The zero-order valence-electron chi connectivity index (χ0n) is 13.0. The summed E-state index contributed by atoms with van der Waals surface area (Å²) in [5.41, 5.74) is 2.87. The van der Waals surface area contributed by atoms with Gasteiger partial charge in [0.1, 0.15) is 0 Å². The van der Waals surface area contributed by atoms with Crippen molar-refractivity contribution in [3.63, 3.8) is 0 Å². The lowest BCUT2D eigenvalue weighted by Crippen LogP contribution is -2.14. The van der Waals surface area contributed by atoms with E-state index in [1.165, 1.54) is 49.0 Å². The Labute approximate surface area is 124 Å². The van der Waals surface area contributed by atoms with Crippen molar-refractivity contribution in [1.29, 1.82) is 0 Å². The lowest BCUT2D eigenvalue weighted by Gasteiger charge is -2.22. The van der Waals surface area contributed by atoms with Crippen LogP contribution in [0.2, 0.25) is 0 Å². The van der Waals surface area contributed by atoms with Crippen LogP contribution in [0.5, 0.6) is 0 Å². The van der Waals surface area contributed by atoms with Gasteiger partial charge in [-0.3, -0.25) is 0 Å². The Kier molecular flexibility index (Phi) is 6.17. The summed E-state index contributed by atoms with van der Waals surface area (Å²) in [4.78, 5) is 0. The Morgan fingerprint density at radius 1 is 0.950 bits per heavy atom. The molecule has 0 aromatic heterocycles. The van der Waals surface area contributed by atoms with Crippen LogP contribution in [0.3, 0.4) is 0 Å². The van der Waals surface area contributed by atoms with Crippen LogP contribution in [0, 0.1) is 5.92 Å². The average Bonchev–Trinajstić information content (AvgIpc) is 2.49. The minimum absolute atomic E-state index is 0.747. The summed E-state index contributed by atoms with van der Waals surface area (Å²) in [6, 6.07) is 9.08. The van der Waals surface area contributed by atoms with Gasteiger partial charge in [-0.1, -0.05) is 51.0 Å². The van der Waals surface area contributed by atoms with Crippen LogP contribution in [-0.2, 0) is 17.6 Å². The van der Waals surface area contributed by atoms with E-state index in [2.05, 4.69) is 44.2 Å². The molecule has 0 radical (unpaired) electrons. The van der Waals surface area contributed by atoms with Crippen molar-refractivity contribution >= 4 is 0 Å². The summed E-state index contributed by atoms with van der Waals surface area (Å²) >= 11 is 0. The minimum Gasteiger partial charge on any atom is -0.498 e. The van der Waals surface area contributed by atoms with Crippen LogP contribution < -0.4 is 0 Å². The number of benzene rings is 1. The zero-order chi connectivity index (χ0) is 14.2. The van der Waals surface area contributed by atoms with E-state index < -0.39 is 0 Å². The normalized spacial score (nSPS) is 18.5. The minimum atomic E-state index is 0.747. The molecule has 20 heavy (non-hydrogen) atoms. The van der Waals surface area contributed by atoms with Gasteiger partial charge in [-0.15, -0.1) is 0 Å². The molecule has 0 saturated carbocycles. The molecule has 0 N–H and O–H groups in total. The first-order valence-corrected chi connectivity index (χ1v) is 8.21. The van der Waals surface area contributed by atoms with E-state index in [9.17, 15) is 0 Å². The van der Waals surface area contributed by atoms with Crippen LogP contribution in [0.1, 0.15) is 57.1 Å². The Hall–Kier alpha value is -1.24. The van der Waals surface area contributed by atoms with Crippen LogP contribution in [0.15, 0.2) is 36.1 Å². The Morgan fingerprint density at radius 3 is 2.20 bits per heavy atom. The second-order valence-electron chi connectivity index (χ2n) is 5.94. The van der Waals surface area contributed by atoms with Gasteiger partial charge in [-0.25, -0.2) is 0 Å². The summed E-state index contributed by atoms with van der Waals surface area (Å²) in [5, 5.41) is 0. The van der Waals surface area contributed by atoms with Gasteiger partial charge >= 0.3 is 0 Å². The molecule has 1 aliphatic heterocycles. The molecule has 0 amide bonds. The Morgan fingerprint density at radius 2 is 1.65 bits per heavy atom. The second-order valence-corrected chi connectivity index (χ2v) is 5.94. The number of aryl methyl sites for hydroxylation is 2. The van der Waals surface area contributed by atoms with Gasteiger partial charge in [0, 0.05) is 6.42 Å². The van der Waals surface area contributed by atoms with Gasteiger partial charge in [-0.05, 0) is 48.8 Å². The largest absolute Gasteiger partial charge is 0.498 e. The lowest BCUT2D eigenvalue weighted by molar-refractivity contribution is 0.134. The fraction of sp³-hybridized carbons (Fsp3) is 0.579. The average molecular weight is 272 g/mol. The van der Waals surface area contributed by atoms with E-state index in [0.29, 0.717) is 0 Å². The molecule has 1 aromatic carbocycles. The molecular weight excluding hydrogens is 244 g/mol. The van der Waals surface area contributed by atoms with Crippen LogP contribution in [-0.4, -0.2) is 6.61 Å². The summed E-state index contributed by atoms with van der Waals surface area (Å²) in [5.74, 6) is 1.95. The number of ether oxygens (including phenoxy) is 1. The van der Waals surface area contributed by atoms with Crippen molar-refractivity contribution in [1.82, 2.24) is 0 Å². The fourth-order valence-corrected chi connectivity index (χ4v) is 2.86. The molecule has 0 spiro atoms. The third kappa shape index (κ3) is 4.70. The molecule has 1 unspecified atom stereocenters. The van der Waals surface area contributed by atoms with Crippen LogP contribution >= 0.6 is 0 Å². The third-order valence-electron chi connectivity index (χ3n) is 4.10. The SMILES string of the molecule is CCCc1ccc(CCC2=CCC(CCC)CO2)cc1. The highest BCUT2D eigenvalue weighted by Gasteiger charge is 2.14. The van der Waals surface area contributed by atoms with Gasteiger partial charge in [0.15, 0.2) is 0 Å². The summed E-state index contributed by atoms with van der Waals surface area (Å²) in [6.07, 6.45) is 10.6. The maximum atomic E-state index is 5.89. The van der Waals surface area contributed by atoms with E-state index in [1.54, 1.807) is 0 Å². The predicted molar refractivity (Wildman–Crippen MR) is 85.8 cm³/mol. The van der Waals surface area contributed by atoms with E-state index in [4.69, 9.17) is 4.74 Å². The maximum Gasteiger partial charge on any atom is 0.0923 e.